The van der Waals surface area contributed by atoms with Gasteiger partial charge in [-0.3, -0.25) is 0 Å². The third-order valence-electron chi connectivity index (χ3n) is 3.17. The maximum absolute atomic E-state index is 13.3. The van der Waals surface area contributed by atoms with E-state index in [9.17, 15) is 13.2 Å². The van der Waals surface area contributed by atoms with Crippen molar-refractivity contribution in [3.8, 4) is 11.8 Å². The van der Waals surface area contributed by atoms with Gasteiger partial charge in [0.2, 0.25) is 5.60 Å². The van der Waals surface area contributed by atoms with Gasteiger partial charge in [0, 0.05) is 6.54 Å². The van der Waals surface area contributed by atoms with E-state index >= 15 is 0 Å². The number of rotatable bonds is 2. The minimum absolute atomic E-state index is 0.0222. The summed E-state index contributed by atoms with van der Waals surface area (Å²) in [6, 6.07) is 7.81. The second kappa shape index (κ2) is 5.10. The predicted octanol–water partition coefficient (Wildman–Crippen LogP) is 2.62. The van der Waals surface area contributed by atoms with Gasteiger partial charge in [-0.05, 0) is 31.5 Å². The Morgan fingerprint density at radius 2 is 2.05 bits per heavy atom. The van der Waals surface area contributed by atoms with E-state index < -0.39 is 11.8 Å². The molecule has 1 N–H and O–H groups in total. The molecule has 1 aliphatic heterocycles. The fourth-order valence-electron chi connectivity index (χ4n) is 2.12. The Morgan fingerprint density at radius 3 is 2.63 bits per heavy atom. The van der Waals surface area contributed by atoms with Crippen LogP contribution in [0.5, 0.6) is 5.75 Å². The van der Waals surface area contributed by atoms with Crippen molar-refractivity contribution in [3.05, 3.63) is 29.8 Å². The summed E-state index contributed by atoms with van der Waals surface area (Å²) in [6.07, 6.45) is -4.21. The fourth-order valence-corrected chi connectivity index (χ4v) is 2.12. The molecule has 1 unspecified atom stereocenters. The average Bonchev–Trinajstić information content (AvgIpc) is 2.39. The van der Waals surface area contributed by atoms with Crippen LogP contribution in [-0.2, 0) is 0 Å². The maximum atomic E-state index is 13.3. The summed E-state index contributed by atoms with van der Waals surface area (Å²) in [5, 5.41) is 11.6. The van der Waals surface area contributed by atoms with Crippen LogP contribution in [0.2, 0.25) is 0 Å². The number of nitrogens with one attached hydrogen (secondary N) is 1. The Balaban J connectivity index is 2.34. The van der Waals surface area contributed by atoms with E-state index in [0.29, 0.717) is 13.0 Å². The molecule has 19 heavy (non-hydrogen) atoms. The van der Waals surface area contributed by atoms with Crippen molar-refractivity contribution in [3.63, 3.8) is 0 Å². The van der Waals surface area contributed by atoms with E-state index in [1.165, 1.54) is 12.1 Å². The largest absolute Gasteiger partial charge is 0.475 e. The molecule has 0 radical (unpaired) electrons. The summed E-state index contributed by atoms with van der Waals surface area (Å²) in [5.74, 6) is -0.0222. The van der Waals surface area contributed by atoms with Crippen LogP contribution in [0.1, 0.15) is 18.4 Å². The molecule has 1 atom stereocenters. The molecule has 0 bridgehead atoms. The number of nitrogens with zero attached hydrogens (tertiary/aromatic N) is 1. The van der Waals surface area contributed by atoms with Gasteiger partial charge in [-0.1, -0.05) is 12.1 Å². The molecule has 3 nitrogen and oxygen atoms in total. The second-order valence-corrected chi connectivity index (χ2v) is 4.48. The number of para-hydroxylation sites is 1. The van der Waals surface area contributed by atoms with Crippen LogP contribution >= 0.6 is 0 Å². The lowest BCUT2D eigenvalue weighted by Crippen LogP contribution is -2.59. The Morgan fingerprint density at radius 1 is 1.32 bits per heavy atom. The molecule has 1 aromatic rings. The zero-order valence-corrected chi connectivity index (χ0v) is 10.1. The zero-order chi connectivity index (χ0) is 13.9. The maximum Gasteiger partial charge on any atom is 0.429 e. The molecule has 1 fully saturated rings. The summed E-state index contributed by atoms with van der Waals surface area (Å²) in [5.41, 5.74) is -2.14. The van der Waals surface area contributed by atoms with Crippen LogP contribution in [0, 0.1) is 11.3 Å². The first-order chi connectivity index (χ1) is 8.98. The normalized spacial score (nSPS) is 23.7. The Labute approximate surface area is 109 Å². The highest BCUT2D eigenvalue weighted by molar-refractivity contribution is 5.43. The number of halogens is 3. The van der Waals surface area contributed by atoms with Gasteiger partial charge in [-0.15, -0.1) is 0 Å². The van der Waals surface area contributed by atoms with Crippen LogP contribution in [-0.4, -0.2) is 24.9 Å². The van der Waals surface area contributed by atoms with Gasteiger partial charge in [0.15, 0.2) is 0 Å². The Hall–Kier alpha value is -1.74. The van der Waals surface area contributed by atoms with Gasteiger partial charge in [-0.25, -0.2) is 0 Å². The molecule has 0 spiro atoms. The summed E-state index contributed by atoms with van der Waals surface area (Å²) < 4.78 is 45.0. The molecular weight excluding hydrogens is 257 g/mol. The molecule has 0 amide bonds. The van der Waals surface area contributed by atoms with Crippen LogP contribution < -0.4 is 10.1 Å². The van der Waals surface area contributed by atoms with Crippen molar-refractivity contribution >= 4 is 0 Å². The lowest BCUT2D eigenvalue weighted by molar-refractivity contribution is -0.252. The molecule has 1 heterocycles. The van der Waals surface area contributed by atoms with E-state index in [-0.39, 0.29) is 24.3 Å². The molecule has 1 aliphatic rings. The number of piperidine rings is 1. The summed E-state index contributed by atoms with van der Waals surface area (Å²) in [7, 11) is 0. The predicted molar refractivity (Wildman–Crippen MR) is 62.7 cm³/mol. The smallest absolute Gasteiger partial charge is 0.429 e. The number of ether oxygens (including phenoxy) is 1. The quantitative estimate of drug-likeness (QED) is 0.898. The highest BCUT2D eigenvalue weighted by atomic mass is 19.4. The van der Waals surface area contributed by atoms with E-state index in [1.54, 1.807) is 12.1 Å². The zero-order valence-electron chi connectivity index (χ0n) is 10.1. The van der Waals surface area contributed by atoms with Crippen molar-refractivity contribution in [1.29, 1.82) is 5.26 Å². The number of nitriles is 1. The Kier molecular flexibility index (Phi) is 3.67. The molecule has 6 heteroatoms. The second-order valence-electron chi connectivity index (χ2n) is 4.48. The minimum atomic E-state index is -4.48. The van der Waals surface area contributed by atoms with Gasteiger partial charge in [0.25, 0.3) is 0 Å². The fraction of sp³-hybridized carbons (Fsp3) is 0.462. The van der Waals surface area contributed by atoms with Gasteiger partial charge >= 0.3 is 6.18 Å². The van der Waals surface area contributed by atoms with Gasteiger partial charge in [0.05, 0.1) is 5.56 Å². The monoisotopic (exact) mass is 270 g/mol. The van der Waals surface area contributed by atoms with Gasteiger partial charge in [-0.2, -0.15) is 18.4 Å². The van der Waals surface area contributed by atoms with Crippen LogP contribution in [0.3, 0.4) is 0 Å². The molecule has 2 rings (SSSR count). The highest BCUT2D eigenvalue weighted by Gasteiger charge is 2.57. The minimum Gasteiger partial charge on any atom is -0.475 e. The van der Waals surface area contributed by atoms with E-state index in [0.717, 1.165) is 0 Å². The topological polar surface area (TPSA) is 45.0 Å². The third-order valence-corrected chi connectivity index (χ3v) is 3.17. The Bertz CT molecular complexity index is 487. The van der Waals surface area contributed by atoms with Crippen LogP contribution in [0.4, 0.5) is 13.2 Å². The SMILES string of the molecule is N#Cc1ccccc1OC1(C(F)(F)F)CCCNC1. The standard InChI is InChI=1S/C13H13F3N2O/c14-13(15,16)12(6-3-7-18-9-12)19-11-5-2-1-4-10(11)8-17/h1-2,4-5,18H,3,6-7,9H2. The van der Waals surface area contributed by atoms with Crippen molar-refractivity contribution in [2.75, 3.05) is 13.1 Å². The first-order valence-corrected chi connectivity index (χ1v) is 5.94. The summed E-state index contributed by atoms with van der Waals surface area (Å²) in [6.45, 7) is 0.247. The molecule has 102 valence electrons. The van der Waals surface area contributed by atoms with E-state index in [1.807, 2.05) is 6.07 Å². The molecule has 1 aromatic carbocycles. The number of benzene rings is 1. The van der Waals surface area contributed by atoms with E-state index in [4.69, 9.17) is 10.00 Å². The van der Waals surface area contributed by atoms with Crippen molar-refractivity contribution in [2.45, 2.75) is 24.6 Å². The van der Waals surface area contributed by atoms with Crippen molar-refractivity contribution in [1.82, 2.24) is 5.32 Å². The van der Waals surface area contributed by atoms with Gasteiger partial charge < -0.3 is 10.1 Å². The number of hydrogen-bond acceptors (Lipinski definition) is 3. The lowest BCUT2D eigenvalue weighted by Gasteiger charge is -2.39. The average molecular weight is 270 g/mol. The third kappa shape index (κ3) is 2.66. The number of alkyl halides is 3. The lowest BCUT2D eigenvalue weighted by atomic mass is 9.93. The highest BCUT2D eigenvalue weighted by Crippen LogP contribution is 2.39. The first-order valence-electron chi connectivity index (χ1n) is 5.94. The molecule has 0 aromatic heterocycles. The molecule has 0 saturated carbocycles. The summed E-state index contributed by atoms with van der Waals surface area (Å²) >= 11 is 0. The van der Waals surface area contributed by atoms with Crippen molar-refractivity contribution < 1.29 is 17.9 Å². The van der Waals surface area contributed by atoms with Crippen LogP contribution in [0.25, 0.3) is 0 Å². The molecule has 0 aliphatic carbocycles. The van der Waals surface area contributed by atoms with Crippen LogP contribution in [0.15, 0.2) is 24.3 Å². The van der Waals surface area contributed by atoms with E-state index in [2.05, 4.69) is 5.32 Å². The molecule has 1 saturated heterocycles. The summed E-state index contributed by atoms with van der Waals surface area (Å²) in [4.78, 5) is 0. The first kappa shape index (κ1) is 13.7. The van der Waals surface area contributed by atoms with Crippen molar-refractivity contribution in [2.24, 2.45) is 0 Å². The molecular formula is C13H13F3N2O. The number of hydrogen-bond donors (Lipinski definition) is 1. The van der Waals surface area contributed by atoms with Gasteiger partial charge in [0.1, 0.15) is 11.8 Å².